The monoisotopic (exact) mass is 771 g/mol. The van der Waals surface area contributed by atoms with Gasteiger partial charge in [-0.15, -0.1) is 0 Å². The van der Waals surface area contributed by atoms with Crippen molar-refractivity contribution in [3.8, 4) is 5.75 Å². The van der Waals surface area contributed by atoms with Gasteiger partial charge in [0, 0.05) is 43.2 Å². The summed E-state index contributed by atoms with van der Waals surface area (Å²) < 4.78 is 10.2. The standard InChI is InChI=1S/C38H53N5O12/c1-9-10-11-12-13-25(45)54-18-55-36(52)43(37(2,3)4)17-24(44)40-22-16-23(41(5)6)20-14-19-15-21-29(42(7)8)32(48)28(35(39)51)34(50)38(21,53)33(49)26(19)31(47)27(20)30(22)46/h16,19,21,29,46,48-49,53H,9-15,17-18H2,1-8H3,(H2,39,51)(H,40,44)/t19-,21-,29-,38-/m0/s1. The highest BCUT2D eigenvalue weighted by molar-refractivity contribution is 6.25. The van der Waals surface area contributed by atoms with Crippen molar-refractivity contribution in [3.63, 3.8) is 0 Å². The number of Topliss-reactive ketones (excluding diaryl/α,β-unsaturated/α-hetero) is 2. The Balaban J connectivity index is 1.65. The second-order valence-electron chi connectivity index (χ2n) is 15.7. The van der Waals surface area contributed by atoms with Crippen molar-refractivity contribution < 1.29 is 58.7 Å². The van der Waals surface area contributed by atoms with Crippen LogP contribution in [-0.4, -0.2) is 124 Å². The molecule has 0 bridgehead atoms. The number of carbonyl (C=O) groups excluding carboxylic acids is 6. The van der Waals surface area contributed by atoms with Gasteiger partial charge in [0.05, 0.1) is 17.3 Å². The van der Waals surface area contributed by atoms with Crippen LogP contribution < -0.4 is 16.0 Å². The summed E-state index contributed by atoms with van der Waals surface area (Å²) in [5.41, 5.74) is 0.645. The van der Waals surface area contributed by atoms with Crippen LogP contribution in [0.1, 0.15) is 82.1 Å². The van der Waals surface area contributed by atoms with Crippen LogP contribution in [0.15, 0.2) is 28.7 Å². The number of aliphatic hydroxyl groups is 3. The third kappa shape index (κ3) is 8.12. The number of amides is 3. The summed E-state index contributed by atoms with van der Waals surface area (Å²) in [7, 11) is 6.44. The van der Waals surface area contributed by atoms with Gasteiger partial charge in [-0.1, -0.05) is 26.2 Å². The van der Waals surface area contributed by atoms with Crippen LogP contribution in [0, 0.1) is 11.8 Å². The van der Waals surface area contributed by atoms with Crippen molar-refractivity contribution in [2.24, 2.45) is 17.6 Å². The summed E-state index contributed by atoms with van der Waals surface area (Å²) >= 11 is 0. The van der Waals surface area contributed by atoms with E-state index in [0.717, 1.165) is 24.2 Å². The molecule has 4 rings (SSSR count). The number of ether oxygens (including phenoxy) is 2. The third-order valence-corrected chi connectivity index (χ3v) is 10.4. The molecule has 17 heteroatoms. The number of hydrogen-bond acceptors (Lipinski definition) is 14. The lowest BCUT2D eigenvalue weighted by Crippen LogP contribution is -2.63. The van der Waals surface area contributed by atoms with Crippen LogP contribution in [-0.2, 0) is 35.1 Å². The topological polar surface area (TPSA) is 250 Å². The molecule has 0 fully saturated rings. The molecule has 1 aromatic rings. The molecule has 0 spiro atoms. The Morgan fingerprint density at radius 3 is 2.24 bits per heavy atom. The number of aliphatic hydroxyl groups excluding tert-OH is 2. The number of allylic oxidation sites excluding steroid dienone is 1. The highest BCUT2D eigenvalue weighted by Crippen LogP contribution is 2.54. The Kier molecular flexibility index (Phi) is 12.6. The summed E-state index contributed by atoms with van der Waals surface area (Å²) in [6.45, 7) is 5.78. The first-order valence-electron chi connectivity index (χ1n) is 18.2. The number of carbonyl (C=O) groups is 6. The van der Waals surface area contributed by atoms with E-state index in [-0.39, 0.29) is 36.1 Å². The molecule has 302 valence electrons. The highest BCUT2D eigenvalue weighted by Gasteiger charge is 2.63. The Morgan fingerprint density at radius 2 is 1.67 bits per heavy atom. The number of likely N-dealkylation sites (N-methyl/N-ethyl adjacent to an activating group) is 1. The lowest BCUT2D eigenvalue weighted by Gasteiger charge is -2.50. The fourth-order valence-corrected chi connectivity index (χ4v) is 7.69. The van der Waals surface area contributed by atoms with Gasteiger partial charge >= 0.3 is 12.1 Å². The van der Waals surface area contributed by atoms with E-state index in [0.29, 0.717) is 17.7 Å². The summed E-state index contributed by atoms with van der Waals surface area (Å²) in [6, 6.07) is 0.317. The van der Waals surface area contributed by atoms with Crippen molar-refractivity contribution in [1.82, 2.24) is 9.80 Å². The van der Waals surface area contributed by atoms with Gasteiger partial charge in [0.25, 0.3) is 5.91 Å². The molecular weight excluding hydrogens is 718 g/mol. The normalized spacial score (nSPS) is 22.1. The molecule has 0 aromatic heterocycles. The van der Waals surface area contributed by atoms with E-state index >= 15 is 0 Å². The Hall–Kier alpha value is -5.16. The SMILES string of the molecule is CCCCCCC(=O)OCOC(=O)N(CC(=O)Nc1cc(N(C)C)c2c(c1O)C(=O)C1=C(O)[C@]3(O)C(=O)C(C(N)=O)=C(O)[C@@H](N(C)C)[C@@H]3C[C@@H]1C2)C(C)(C)C. The number of unbranched alkanes of at least 4 members (excludes halogenated alkanes) is 3. The van der Waals surface area contributed by atoms with Gasteiger partial charge in [0.1, 0.15) is 23.6 Å². The molecule has 4 atom stereocenters. The van der Waals surface area contributed by atoms with Crippen LogP contribution in [0.5, 0.6) is 5.75 Å². The van der Waals surface area contributed by atoms with E-state index < -0.39 is 101 Å². The number of primary amides is 1. The number of fused-ring (bicyclic) bond motifs is 3. The van der Waals surface area contributed by atoms with Crippen molar-refractivity contribution in [3.05, 3.63) is 39.9 Å². The number of aromatic hydroxyl groups is 1. The molecule has 7 N–H and O–H groups in total. The molecule has 3 aliphatic carbocycles. The zero-order chi connectivity index (χ0) is 41.3. The third-order valence-electron chi connectivity index (χ3n) is 10.4. The van der Waals surface area contributed by atoms with Crippen molar-refractivity contribution in [1.29, 1.82) is 0 Å². The van der Waals surface area contributed by atoms with Gasteiger partial charge in [-0.3, -0.25) is 33.8 Å². The van der Waals surface area contributed by atoms with E-state index in [1.54, 1.807) is 53.9 Å². The summed E-state index contributed by atoms with van der Waals surface area (Å²) in [5, 5.41) is 48.7. The van der Waals surface area contributed by atoms with E-state index in [2.05, 4.69) is 5.32 Å². The molecule has 3 amide bonds. The van der Waals surface area contributed by atoms with E-state index in [9.17, 15) is 49.2 Å². The van der Waals surface area contributed by atoms with Gasteiger partial charge in [0.2, 0.25) is 18.5 Å². The Bertz CT molecular complexity index is 1830. The maximum atomic E-state index is 14.3. The highest BCUT2D eigenvalue weighted by atomic mass is 16.7. The molecule has 1 aromatic carbocycles. The summed E-state index contributed by atoms with van der Waals surface area (Å²) in [5.74, 6) is -9.26. The number of ketones is 2. The van der Waals surface area contributed by atoms with Crippen molar-refractivity contribution in [2.45, 2.75) is 89.8 Å². The molecule has 0 unspecified atom stereocenters. The zero-order valence-electron chi connectivity index (χ0n) is 32.6. The first kappa shape index (κ1) is 42.6. The number of phenols is 1. The van der Waals surface area contributed by atoms with Crippen LogP contribution in [0.3, 0.4) is 0 Å². The largest absolute Gasteiger partial charge is 0.510 e. The average Bonchev–Trinajstić information content (AvgIpc) is 3.07. The predicted molar refractivity (Wildman–Crippen MR) is 199 cm³/mol. The lowest BCUT2D eigenvalue weighted by molar-refractivity contribution is -0.153. The maximum absolute atomic E-state index is 14.3. The van der Waals surface area contributed by atoms with Gasteiger partial charge in [-0.05, 0) is 71.7 Å². The van der Waals surface area contributed by atoms with Crippen LogP contribution >= 0.6 is 0 Å². The minimum Gasteiger partial charge on any atom is -0.510 e. The molecule has 55 heavy (non-hydrogen) atoms. The first-order chi connectivity index (χ1) is 25.6. The Labute approximate surface area is 319 Å². The van der Waals surface area contributed by atoms with Gasteiger partial charge in [-0.2, -0.15) is 0 Å². The molecule has 0 saturated carbocycles. The second-order valence-corrected chi connectivity index (χ2v) is 15.7. The number of hydrogen-bond donors (Lipinski definition) is 6. The van der Waals surface area contributed by atoms with Crippen LogP contribution in [0.25, 0.3) is 0 Å². The molecule has 0 heterocycles. The number of nitrogens with one attached hydrogen (secondary N) is 1. The van der Waals surface area contributed by atoms with Crippen LogP contribution in [0.4, 0.5) is 16.2 Å². The quantitative estimate of drug-likeness (QED) is 0.0555. The van der Waals surface area contributed by atoms with E-state index in [4.69, 9.17) is 15.2 Å². The number of phenolic OH excluding ortho intramolecular Hbond substituents is 1. The predicted octanol–water partition coefficient (Wildman–Crippen LogP) is 2.83. The van der Waals surface area contributed by atoms with Gasteiger partial charge in [-0.25, -0.2) is 4.79 Å². The van der Waals surface area contributed by atoms with Crippen molar-refractivity contribution >= 4 is 46.8 Å². The minimum atomic E-state index is -2.81. The molecule has 0 saturated heterocycles. The maximum Gasteiger partial charge on any atom is 0.413 e. The van der Waals surface area contributed by atoms with Gasteiger partial charge in [0.15, 0.2) is 17.1 Å². The number of esters is 1. The van der Waals surface area contributed by atoms with E-state index in [1.165, 1.54) is 11.0 Å². The molecule has 0 aliphatic heterocycles. The fraction of sp³-hybridized carbons (Fsp3) is 0.579. The second kappa shape index (κ2) is 16.3. The molecule has 3 aliphatic rings. The van der Waals surface area contributed by atoms with Gasteiger partial charge < -0.3 is 45.9 Å². The number of rotatable bonds is 13. The lowest BCUT2D eigenvalue weighted by atomic mass is 9.58. The zero-order valence-corrected chi connectivity index (χ0v) is 32.6. The number of nitrogens with zero attached hydrogens (tertiary/aromatic N) is 3. The number of benzene rings is 1. The average molecular weight is 772 g/mol. The molecule has 17 nitrogen and oxygen atoms in total. The molecule has 0 radical (unpaired) electrons. The first-order valence-corrected chi connectivity index (χ1v) is 18.2. The number of nitrogens with two attached hydrogens (primary N) is 1. The fourth-order valence-electron chi connectivity index (χ4n) is 7.69. The summed E-state index contributed by atoms with van der Waals surface area (Å²) in [6.07, 6.45) is 2.69. The van der Waals surface area contributed by atoms with E-state index in [1.807, 2.05) is 6.92 Å². The smallest absolute Gasteiger partial charge is 0.413 e. The number of anilines is 2. The molecular formula is C38H53N5O12. The minimum absolute atomic E-state index is 0.0385. The summed E-state index contributed by atoms with van der Waals surface area (Å²) in [4.78, 5) is 83.1. The Morgan fingerprint density at radius 1 is 1.02 bits per heavy atom. The van der Waals surface area contributed by atoms with Crippen LogP contribution in [0.2, 0.25) is 0 Å². The van der Waals surface area contributed by atoms with Crippen molar-refractivity contribution in [2.75, 3.05) is 51.7 Å².